The van der Waals surface area contributed by atoms with Crippen LogP contribution in [-0.4, -0.2) is 30.3 Å². The third-order valence-corrected chi connectivity index (χ3v) is 4.12. The summed E-state index contributed by atoms with van der Waals surface area (Å²) in [7, 11) is 0. The summed E-state index contributed by atoms with van der Waals surface area (Å²) in [5, 5.41) is 8.47. The summed E-state index contributed by atoms with van der Waals surface area (Å²) in [5.74, 6) is -0.796. The zero-order chi connectivity index (χ0) is 17.7. The number of amides is 3. The molecule has 0 saturated heterocycles. The molecule has 0 bridgehead atoms. The van der Waals surface area contributed by atoms with Crippen molar-refractivity contribution in [3.8, 4) is 0 Å². The molecule has 2 aromatic rings. The Kier molecular flexibility index (Phi) is 5.75. The summed E-state index contributed by atoms with van der Waals surface area (Å²) in [5.41, 5.74) is 0.719. The Hall–Kier alpha value is -2.61. The summed E-state index contributed by atoms with van der Waals surface area (Å²) in [6, 6.07) is 4.89. The lowest BCUT2D eigenvalue weighted by Crippen LogP contribution is -2.39. The first-order valence-electron chi connectivity index (χ1n) is 7.39. The molecular formula is C16H19N3O4S. The van der Waals surface area contributed by atoms with Crippen molar-refractivity contribution < 1.29 is 18.8 Å². The molecule has 0 spiro atoms. The third-order valence-electron chi connectivity index (χ3n) is 2.96. The number of carbonyl (C=O) groups is 3. The summed E-state index contributed by atoms with van der Waals surface area (Å²) >= 11 is 1.14. The molecule has 0 fully saturated rings. The van der Waals surface area contributed by atoms with Gasteiger partial charge in [0, 0.05) is 6.04 Å². The van der Waals surface area contributed by atoms with E-state index in [4.69, 9.17) is 4.42 Å². The normalized spacial score (nSPS) is 10.5. The Bertz CT molecular complexity index is 735. The number of rotatable bonds is 6. The molecule has 0 aliphatic carbocycles. The lowest BCUT2D eigenvalue weighted by molar-refractivity contribution is -0.120. The van der Waals surface area contributed by atoms with Crippen molar-refractivity contribution in [3.05, 3.63) is 40.7 Å². The Morgan fingerprint density at radius 2 is 2.00 bits per heavy atom. The molecule has 7 nitrogen and oxygen atoms in total. The first-order chi connectivity index (χ1) is 11.4. The highest BCUT2D eigenvalue weighted by Gasteiger charge is 2.17. The number of nitrogens with one attached hydrogen (secondary N) is 3. The minimum absolute atomic E-state index is 0.0151. The van der Waals surface area contributed by atoms with E-state index in [1.165, 1.54) is 6.26 Å². The molecule has 24 heavy (non-hydrogen) atoms. The molecule has 2 heterocycles. The van der Waals surface area contributed by atoms with Gasteiger partial charge < -0.3 is 20.4 Å². The minimum Gasteiger partial charge on any atom is -0.459 e. The van der Waals surface area contributed by atoms with Crippen molar-refractivity contribution in [2.45, 2.75) is 26.8 Å². The van der Waals surface area contributed by atoms with E-state index in [1.54, 1.807) is 25.1 Å². The highest BCUT2D eigenvalue weighted by molar-refractivity contribution is 7.18. The third kappa shape index (κ3) is 4.69. The van der Waals surface area contributed by atoms with Gasteiger partial charge in [0.1, 0.15) is 0 Å². The van der Waals surface area contributed by atoms with E-state index in [1.807, 2.05) is 13.8 Å². The molecule has 0 aliphatic rings. The van der Waals surface area contributed by atoms with Crippen molar-refractivity contribution in [2.24, 2.45) is 0 Å². The van der Waals surface area contributed by atoms with E-state index in [0.717, 1.165) is 16.9 Å². The van der Waals surface area contributed by atoms with Crippen LogP contribution in [0.4, 0.5) is 5.00 Å². The van der Waals surface area contributed by atoms with Gasteiger partial charge in [0.15, 0.2) is 5.76 Å². The van der Waals surface area contributed by atoms with Crippen LogP contribution in [0, 0.1) is 6.92 Å². The number of hydrogen-bond donors (Lipinski definition) is 3. The maximum Gasteiger partial charge on any atom is 0.291 e. The molecular weight excluding hydrogens is 330 g/mol. The van der Waals surface area contributed by atoms with Crippen LogP contribution in [0.2, 0.25) is 0 Å². The molecule has 0 unspecified atom stereocenters. The Labute approximate surface area is 143 Å². The van der Waals surface area contributed by atoms with Gasteiger partial charge >= 0.3 is 0 Å². The predicted octanol–water partition coefficient (Wildman–Crippen LogP) is 2.16. The summed E-state index contributed by atoms with van der Waals surface area (Å²) < 4.78 is 5.02. The number of hydrogen-bond acceptors (Lipinski definition) is 5. The van der Waals surface area contributed by atoms with Crippen LogP contribution in [0.5, 0.6) is 0 Å². The monoisotopic (exact) mass is 349 g/mol. The molecule has 2 aromatic heterocycles. The number of thiophene rings is 1. The molecule has 0 radical (unpaired) electrons. The molecule has 128 valence electrons. The van der Waals surface area contributed by atoms with Crippen LogP contribution < -0.4 is 16.0 Å². The molecule has 8 heteroatoms. The largest absolute Gasteiger partial charge is 0.459 e. The van der Waals surface area contributed by atoms with E-state index in [0.29, 0.717) is 9.88 Å². The Morgan fingerprint density at radius 1 is 1.25 bits per heavy atom. The summed E-state index contributed by atoms with van der Waals surface area (Å²) in [6.07, 6.45) is 1.41. The van der Waals surface area contributed by atoms with Gasteiger partial charge in [-0.2, -0.15) is 0 Å². The highest BCUT2D eigenvalue weighted by Crippen LogP contribution is 2.27. The van der Waals surface area contributed by atoms with E-state index >= 15 is 0 Å². The maximum atomic E-state index is 12.2. The summed E-state index contributed by atoms with van der Waals surface area (Å²) in [4.78, 5) is 36.1. The lowest BCUT2D eigenvalue weighted by Gasteiger charge is -2.08. The van der Waals surface area contributed by atoms with E-state index in [9.17, 15) is 14.4 Å². The van der Waals surface area contributed by atoms with E-state index in [-0.39, 0.29) is 36.1 Å². The van der Waals surface area contributed by atoms with Crippen molar-refractivity contribution in [1.82, 2.24) is 10.6 Å². The van der Waals surface area contributed by atoms with Gasteiger partial charge in [0.05, 0.1) is 22.7 Å². The molecule has 0 aliphatic heterocycles. The minimum atomic E-state index is -0.385. The lowest BCUT2D eigenvalue weighted by atomic mass is 10.2. The van der Waals surface area contributed by atoms with E-state index in [2.05, 4.69) is 16.0 Å². The standard InChI is InChI=1S/C16H19N3O4S/c1-9(2)18-12(20)8-17-16(22)14-10(3)7-13(24-14)19-15(21)11-5-4-6-23-11/h4-7,9H,8H2,1-3H3,(H,17,22)(H,18,20)(H,19,21). The number of anilines is 1. The van der Waals surface area contributed by atoms with Crippen molar-refractivity contribution >= 4 is 34.1 Å². The van der Waals surface area contributed by atoms with Crippen molar-refractivity contribution in [3.63, 3.8) is 0 Å². The maximum absolute atomic E-state index is 12.2. The van der Waals surface area contributed by atoms with E-state index < -0.39 is 0 Å². The zero-order valence-electron chi connectivity index (χ0n) is 13.6. The molecule has 3 amide bonds. The molecule has 0 atom stereocenters. The Morgan fingerprint density at radius 3 is 2.62 bits per heavy atom. The number of furan rings is 1. The quantitative estimate of drug-likeness (QED) is 0.744. The van der Waals surface area contributed by atoms with Gasteiger partial charge in [-0.1, -0.05) is 0 Å². The molecule has 0 aromatic carbocycles. The van der Waals surface area contributed by atoms with Crippen LogP contribution in [0.1, 0.15) is 39.6 Å². The fourth-order valence-electron chi connectivity index (χ4n) is 1.96. The van der Waals surface area contributed by atoms with Crippen molar-refractivity contribution in [1.29, 1.82) is 0 Å². The van der Waals surface area contributed by atoms with Crippen LogP contribution in [-0.2, 0) is 4.79 Å². The molecule has 3 N–H and O–H groups in total. The van der Waals surface area contributed by atoms with Crippen molar-refractivity contribution in [2.75, 3.05) is 11.9 Å². The second kappa shape index (κ2) is 7.78. The SMILES string of the molecule is Cc1cc(NC(=O)c2ccco2)sc1C(=O)NCC(=O)NC(C)C. The van der Waals surface area contributed by atoms with Crippen LogP contribution in [0.25, 0.3) is 0 Å². The van der Waals surface area contributed by atoms with Crippen LogP contribution in [0.3, 0.4) is 0 Å². The topological polar surface area (TPSA) is 100 Å². The highest BCUT2D eigenvalue weighted by atomic mass is 32.1. The smallest absolute Gasteiger partial charge is 0.291 e. The fourth-order valence-corrected chi connectivity index (χ4v) is 2.95. The first kappa shape index (κ1) is 17.7. The average Bonchev–Trinajstić information content (AvgIpc) is 3.14. The van der Waals surface area contributed by atoms with Gasteiger partial charge in [-0.05, 0) is 44.5 Å². The average molecular weight is 349 g/mol. The predicted molar refractivity (Wildman–Crippen MR) is 91.3 cm³/mol. The summed E-state index contributed by atoms with van der Waals surface area (Å²) in [6.45, 7) is 5.36. The van der Waals surface area contributed by atoms with Gasteiger partial charge in [0.2, 0.25) is 5.91 Å². The van der Waals surface area contributed by atoms with Crippen LogP contribution >= 0.6 is 11.3 Å². The van der Waals surface area contributed by atoms with Crippen LogP contribution in [0.15, 0.2) is 28.9 Å². The van der Waals surface area contributed by atoms with Gasteiger partial charge in [-0.3, -0.25) is 14.4 Å². The number of carbonyl (C=O) groups excluding carboxylic acids is 3. The number of aryl methyl sites for hydroxylation is 1. The first-order valence-corrected chi connectivity index (χ1v) is 8.21. The fraction of sp³-hybridized carbons (Fsp3) is 0.312. The Balaban J connectivity index is 1.96. The van der Waals surface area contributed by atoms with Gasteiger partial charge in [-0.15, -0.1) is 11.3 Å². The molecule has 2 rings (SSSR count). The zero-order valence-corrected chi connectivity index (χ0v) is 14.5. The van der Waals surface area contributed by atoms with Gasteiger partial charge in [-0.25, -0.2) is 0 Å². The second-order valence-electron chi connectivity index (χ2n) is 5.46. The molecule has 0 saturated carbocycles. The van der Waals surface area contributed by atoms with Gasteiger partial charge in [0.25, 0.3) is 11.8 Å². The second-order valence-corrected chi connectivity index (χ2v) is 6.51.